The van der Waals surface area contributed by atoms with Crippen LogP contribution in [0, 0.1) is 12.8 Å². The molecule has 0 spiro atoms. The van der Waals surface area contributed by atoms with Crippen molar-refractivity contribution in [1.82, 2.24) is 4.90 Å². The molecule has 1 aliphatic heterocycles. The van der Waals surface area contributed by atoms with Gasteiger partial charge < -0.3 is 14.3 Å². The number of fused-ring (bicyclic) bond motifs is 1. The fraction of sp³-hybridized carbons (Fsp3) is 0.500. The monoisotopic (exact) mass is 317 g/mol. The average molecular weight is 317 g/mol. The molecule has 1 saturated heterocycles. The van der Waals surface area contributed by atoms with Crippen LogP contribution in [0.3, 0.4) is 0 Å². The maximum absolute atomic E-state index is 12.1. The summed E-state index contributed by atoms with van der Waals surface area (Å²) < 4.78 is 10.6. The summed E-state index contributed by atoms with van der Waals surface area (Å²) in [5, 5.41) is 11.0. The van der Waals surface area contributed by atoms with Crippen molar-refractivity contribution < 1.29 is 19.1 Å². The minimum absolute atomic E-state index is 0.196. The molecular weight excluding hydrogens is 294 g/mol. The Bertz CT molecular complexity index is 734. The van der Waals surface area contributed by atoms with Crippen LogP contribution in [0.1, 0.15) is 41.4 Å². The van der Waals surface area contributed by atoms with Crippen molar-refractivity contribution >= 4 is 16.9 Å². The number of carbonyl (C=O) groups excluding carboxylic acids is 1. The number of aryl methyl sites for hydroxylation is 1. The van der Waals surface area contributed by atoms with Crippen molar-refractivity contribution in [2.45, 2.75) is 33.2 Å². The molecule has 2 heterocycles. The second kappa shape index (κ2) is 6.24. The molecule has 3 rings (SSSR count). The molecule has 2 aromatic rings. The number of hydrogen-bond donors (Lipinski definition) is 1. The quantitative estimate of drug-likeness (QED) is 0.878. The van der Waals surface area contributed by atoms with Gasteiger partial charge in [-0.1, -0.05) is 6.92 Å². The first-order valence-corrected chi connectivity index (χ1v) is 8.06. The van der Waals surface area contributed by atoms with Gasteiger partial charge in [0.25, 0.3) is 0 Å². The SMILES string of the molecule is COC(=O)c1c(C)oc2ccc(O)c(CN3CCC[C@@H](C)C3)c12. The number of methoxy groups -OCH3 is 1. The average Bonchev–Trinajstić information content (AvgIpc) is 2.86. The zero-order valence-corrected chi connectivity index (χ0v) is 13.9. The minimum atomic E-state index is -0.430. The molecule has 5 nitrogen and oxygen atoms in total. The third-order valence-corrected chi connectivity index (χ3v) is 4.63. The summed E-state index contributed by atoms with van der Waals surface area (Å²) in [5.74, 6) is 0.934. The number of piperidine rings is 1. The molecule has 0 unspecified atom stereocenters. The van der Waals surface area contributed by atoms with Crippen LogP contribution in [0.2, 0.25) is 0 Å². The Morgan fingerprint density at radius 2 is 2.26 bits per heavy atom. The van der Waals surface area contributed by atoms with E-state index in [-0.39, 0.29) is 5.75 Å². The highest BCUT2D eigenvalue weighted by Crippen LogP contribution is 2.35. The van der Waals surface area contributed by atoms with Gasteiger partial charge in [0.1, 0.15) is 22.7 Å². The van der Waals surface area contributed by atoms with Gasteiger partial charge >= 0.3 is 5.97 Å². The number of benzene rings is 1. The number of carbonyl (C=O) groups is 1. The number of ether oxygens (including phenoxy) is 1. The zero-order chi connectivity index (χ0) is 16.6. The molecule has 1 aromatic heterocycles. The predicted octanol–water partition coefficient (Wildman–Crippen LogP) is 3.47. The molecule has 5 heteroatoms. The van der Waals surface area contributed by atoms with Crippen LogP contribution in [0.25, 0.3) is 11.0 Å². The third kappa shape index (κ3) is 2.93. The van der Waals surface area contributed by atoms with Gasteiger partial charge in [0.2, 0.25) is 0 Å². The lowest BCUT2D eigenvalue weighted by molar-refractivity contribution is 0.0600. The van der Waals surface area contributed by atoms with Crippen LogP contribution in [-0.2, 0) is 11.3 Å². The number of phenolic OH excluding ortho intramolecular Hbond substituents is 1. The number of nitrogens with zero attached hydrogens (tertiary/aromatic N) is 1. The van der Waals surface area contributed by atoms with Crippen LogP contribution >= 0.6 is 0 Å². The maximum atomic E-state index is 12.1. The molecule has 0 aliphatic carbocycles. The first-order valence-electron chi connectivity index (χ1n) is 8.06. The van der Waals surface area contributed by atoms with Crippen molar-refractivity contribution in [2.24, 2.45) is 5.92 Å². The summed E-state index contributed by atoms with van der Waals surface area (Å²) in [4.78, 5) is 14.5. The van der Waals surface area contributed by atoms with Crippen LogP contribution in [-0.4, -0.2) is 36.2 Å². The van der Waals surface area contributed by atoms with E-state index in [1.165, 1.54) is 13.5 Å². The van der Waals surface area contributed by atoms with E-state index >= 15 is 0 Å². The van der Waals surface area contributed by atoms with Crippen molar-refractivity contribution in [3.8, 4) is 5.75 Å². The van der Waals surface area contributed by atoms with Gasteiger partial charge in [-0.25, -0.2) is 4.79 Å². The highest BCUT2D eigenvalue weighted by atomic mass is 16.5. The summed E-state index contributed by atoms with van der Waals surface area (Å²) in [6, 6.07) is 3.33. The molecule has 1 atom stereocenters. The Kier molecular flexibility index (Phi) is 4.31. The van der Waals surface area contributed by atoms with E-state index < -0.39 is 5.97 Å². The number of aromatic hydroxyl groups is 1. The second-order valence-corrected chi connectivity index (χ2v) is 6.44. The molecule has 1 fully saturated rings. The third-order valence-electron chi connectivity index (χ3n) is 4.63. The highest BCUT2D eigenvalue weighted by Gasteiger charge is 2.25. The number of esters is 1. The first kappa shape index (κ1) is 15.9. The van der Waals surface area contributed by atoms with E-state index in [9.17, 15) is 9.90 Å². The van der Waals surface area contributed by atoms with Gasteiger partial charge in [0.15, 0.2) is 0 Å². The molecule has 1 aliphatic rings. The number of phenols is 1. The molecular formula is C18H23NO4. The fourth-order valence-corrected chi connectivity index (χ4v) is 3.53. The summed E-state index contributed by atoms with van der Waals surface area (Å²) in [5.41, 5.74) is 1.77. The second-order valence-electron chi connectivity index (χ2n) is 6.44. The van der Waals surface area contributed by atoms with Crippen LogP contribution in [0.15, 0.2) is 16.5 Å². The summed E-state index contributed by atoms with van der Waals surface area (Å²) in [6.45, 7) is 6.60. The normalized spacial score (nSPS) is 19.2. The number of furan rings is 1. The molecule has 0 radical (unpaired) electrons. The van der Waals surface area contributed by atoms with Crippen molar-refractivity contribution in [3.63, 3.8) is 0 Å². The van der Waals surface area contributed by atoms with E-state index in [2.05, 4.69) is 11.8 Å². The molecule has 23 heavy (non-hydrogen) atoms. The van der Waals surface area contributed by atoms with Gasteiger partial charge in [0.05, 0.1) is 7.11 Å². The van der Waals surface area contributed by atoms with Gasteiger partial charge in [-0.05, 0) is 44.4 Å². The molecule has 124 valence electrons. The minimum Gasteiger partial charge on any atom is -0.508 e. The van der Waals surface area contributed by atoms with E-state index in [1.807, 2.05) is 0 Å². The van der Waals surface area contributed by atoms with E-state index in [0.717, 1.165) is 25.1 Å². The Morgan fingerprint density at radius 1 is 1.48 bits per heavy atom. The molecule has 0 amide bonds. The van der Waals surface area contributed by atoms with Crippen molar-refractivity contribution in [3.05, 3.63) is 29.0 Å². The van der Waals surface area contributed by atoms with Crippen LogP contribution in [0.5, 0.6) is 5.75 Å². The maximum Gasteiger partial charge on any atom is 0.342 e. The number of hydrogen-bond acceptors (Lipinski definition) is 5. The largest absolute Gasteiger partial charge is 0.508 e. The summed E-state index contributed by atoms with van der Waals surface area (Å²) >= 11 is 0. The molecule has 0 bridgehead atoms. The Hall–Kier alpha value is -2.01. The molecule has 1 aromatic carbocycles. The molecule has 1 N–H and O–H groups in total. The standard InChI is InChI=1S/C18H23NO4/c1-11-5-4-8-19(9-11)10-13-14(20)6-7-15-17(13)16(12(2)23-15)18(21)22-3/h6-7,11,20H,4-5,8-10H2,1-3H3/t11-/m1/s1. The van der Waals surface area contributed by atoms with E-state index in [1.54, 1.807) is 19.1 Å². The Labute approximate surface area is 135 Å². The molecule has 0 saturated carbocycles. The fourth-order valence-electron chi connectivity index (χ4n) is 3.53. The Morgan fingerprint density at radius 3 is 2.96 bits per heavy atom. The van der Waals surface area contributed by atoms with Gasteiger partial charge in [-0.2, -0.15) is 0 Å². The first-order chi connectivity index (χ1) is 11.0. The zero-order valence-electron chi connectivity index (χ0n) is 13.9. The predicted molar refractivity (Wildman–Crippen MR) is 87.6 cm³/mol. The van der Waals surface area contributed by atoms with Crippen LogP contribution in [0.4, 0.5) is 0 Å². The Balaban J connectivity index is 2.07. The topological polar surface area (TPSA) is 62.9 Å². The number of rotatable bonds is 3. The van der Waals surface area contributed by atoms with Crippen molar-refractivity contribution in [1.29, 1.82) is 0 Å². The van der Waals surface area contributed by atoms with Gasteiger partial charge in [-0.3, -0.25) is 4.90 Å². The van der Waals surface area contributed by atoms with E-state index in [0.29, 0.717) is 34.8 Å². The van der Waals surface area contributed by atoms with Crippen LogP contribution < -0.4 is 0 Å². The van der Waals surface area contributed by atoms with E-state index in [4.69, 9.17) is 9.15 Å². The van der Waals surface area contributed by atoms with Gasteiger partial charge in [0, 0.05) is 24.0 Å². The summed E-state index contributed by atoms with van der Waals surface area (Å²) in [6.07, 6.45) is 2.40. The van der Waals surface area contributed by atoms with Crippen molar-refractivity contribution in [2.75, 3.05) is 20.2 Å². The lowest BCUT2D eigenvalue weighted by Crippen LogP contribution is -2.33. The summed E-state index contributed by atoms with van der Waals surface area (Å²) in [7, 11) is 1.36. The lowest BCUT2D eigenvalue weighted by Gasteiger charge is -2.31. The number of likely N-dealkylation sites (tertiary alicyclic amines) is 1. The smallest absolute Gasteiger partial charge is 0.342 e. The van der Waals surface area contributed by atoms with Gasteiger partial charge in [-0.15, -0.1) is 0 Å². The lowest BCUT2D eigenvalue weighted by atomic mass is 9.98. The highest BCUT2D eigenvalue weighted by molar-refractivity contribution is 6.06.